The van der Waals surface area contributed by atoms with Gasteiger partial charge in [-0.3, -0.25) is 4.79 Å². The van der Waals surface area contributed by atoms with Gasteiger partial charge >= 0.3 is 0 Å². The fourth-order valence-corrected chi connectivity index (χ4v) is 5.52. The molecule has 0 spiro atoms. The maximum Gasteiger partial charge on any atom is 0.243 e. The molecule has 0 saturated carbocycles. The molecular formula is C23H30N2O5S. The van der Waals surface area contributed by atoms with E-state index in [1.54, 1.807) is 50.6 Å². The maximum absolute atomic E-state index is 13.3. The largest absolute Gasteiger partial charge is 0.497 e. The predicted octanol–water partition coefficient (Wildman–Crippen LogP) is 3.43. The molecule has 0 radical (unpaired) electrons. The summed E-state index contributed by atoms with van der Waals surface area (Å²) in [7, 11) is -0.629. The monoisotopic (exact) mass is 446 g/mol. The van der Waals surface area contributed by atoms with Crippen molar-refractivity contribution < 1.29 is 22.7 Å². The number of piperidine rings is 1. The third-order valence-corrected chi connectivity index (χ3v) is 7.57. The number of benzene rings is 2. The second-order valence-corrected chi connectivity index (χ2v) is 9.67. The molecule has 31 heavy (non-hydrogen) atoms. The Balaban J connectivity index is 1.83. The third kappa shape index (κ3) is 5.02. The topological polar surface area (TPSA) is 84.9 Å². The zero-order chi connectivity index (χ0) is 22.6. The van der Waals surface area contributed by atoms with Crippen molar-refractivity contribution in [3.05, 3.63) is 53.6 Å². The Morgan fingerprint density at radius 3 is 2.45 bits per heavy atom. The number of carbonyl (C=O) groups excluding carboxylic acids is 1. The number of rotatable bonds is 7. The first-order valence-corrected chi connectivity index (χ1v) is 11.8. The SMILES string of the molecule is COc1ccc(OC)c(C(C)NC(=O)C2CCCCN2S(=O)(=O)c2ccc(C)cc2)c1. The molecule has 0 aliphatic carbocycles. The van der Waals surface area contributed by atoms with Crippen molar-refractivity contribution in [3.8, 4) is 11.5 Å². The van der Waals surface area contributed by atoms with Crippen LogP contribution in [0.3, 0.4) is 0 Å². The first kappa shape index (κ1) is 23.1. The van der Waals surface area contributed by atoms with Crippen LogP contribution in [0.5, 0.6) is 11.5 Å². The summed E-state index contributed by atoms with van der Waals surface area (Å²) < 4.78 is 38.6. The van der Waals surface area contributed by atoms with Crippen LogP contribution in [0.2, 0.25) is 0 Å². The lowest BCUT2D eigenvalue weighted by atomic mass is 10.0. The molecule has 1 aliphatic heterocycles. The Labute approximate surface area is 184 Å². The van der Waals surface area contributed by atoms with Gasteiger partial charge in [0.1, 0.15) is 17.5 Å². The molecule has 0 aromatic heterocycles. The Bertz CT molecular complexity index is 1020. The smallest absolute Gasteiger partial charge is 0.243 e. The number of nitrogens with one attached hydrogen (secondary N) is 1. The van der Waals surface area contributed by atoms with Crippen LogP contribution in [-0.2, 0) is 14.8 Å². The van der Waals surface area contributed by atoms with Gasteiger partial charge in [0.2, 0.25) is 15.9 Å². The van der Waals surface area contributed by atoms with Gasteiger partial charge in [0.05, 0.1) is 25.2 Å². The fraction of sp³-hybridized carbons (Fsp3) is 0.435. The van der Waals surface area contributed by atoms with Gasteiger partial charge in [-0.05, 0) is 57.0 Å². The zero-order valence-electron chi connectivity index (χ0n) is 18.4. The molecule has 1 aliphatic rings. The van der Waals surface area contributed by atoms with Crippen molar-refractivity contribution in [2.75, 3.05) is 20.8 Å². The maximum atomic E-state index is 13.3. The summed E-state index contributed by atoms with van der Waals surface area (Å²) in [6, 6.07) is 11.0. The van der Waals surface area contributed by atoms with E-state index in [1.165, 1.54) is 4.31 Å². The molecule has 1 fully saturated rings. The van der Waals surface area contributed by atoms with Crippen LogP contribution < -0.4 is 14.8 Å². The first-order chi connectivity index (χ1) is 14.8. The molecule has 2 unspecified atom stereocenters. The highest BCUT2D eigenvalue weighted by molar-refractivity contribution is 7.89. The molecule has 1 saturated heterocycles. The standard InChI is InChI=1S/C23H30N2O5S/c1-16-8-11-19(12-9-16)31(27,28)25-14-6-5-7-21(25)23(26)24-17(2)20-15-18(29-3)10-13-22(20)30-4/h8-13,15,17,21H,5-7,14H2,1-4H3,(H,24,26). The zero-order valence-corrected chi connectivity index (χ0v) is 19.2. The summed E-state index contributed by atoms with van der Waals surface area (Å²) in [5.41, 5.74) is 1.74. The number of sulfonamides is 1. The number of carbonyl (C=O) groups is 1. The van der Waals surface area contributed by atoms with Crippen LogP contribution in [0.15, 0.2) is 47.4 Å². The van der Waals surface area contributed by atoms with Gasteiger partial charge in [-0.1, -0.05) is 24.1 Å². The summed E-state index contributed by atoms with van der Waals surface area (Å²) in [4.78, 5) is 13.4. The van der Waals surface area contributed by atoms with Crippen molar-refractivity contribution in [1.82, 2.24) is 9.62 Å². The summed E-state index contributed by atoms with van der Waals surface area (Å²) in [5, 5.41) is 2.97. The number of aryl methyl sites for hydroxylation is 1. The van der Waals surface area contributed by atoms with E-state index in [4.69, 9.17) is 9.47 Å². The van der Waals surface area contributed by atoms with E-state index in [2.05, 4.69) is 5.32 Å². The van der Waals surface area contributed by atoms with E-state index in [9.17, 15) is 13.2 Å². The number of hydrogen-bond donors (Lipinski definition) is 1. The average molecular weight is 447 g/mol. The van der Waals surface area contributed by atoms with Crippen LogP contribution >= 0.6 is 0 Å². The van der Waals surface area contributed by atoms with Crippen molar-refractivity contribution in [2.45, 2.75) is 50.1 Å². The van der Waals surface area contributed by atoms with Crippen LogP contribution in [0.1, 0.15) is 43.4 Å². The second-order valence-electron chi connectivity index (χ2n) is 7.78. The number of nitrogens with zero attached hydrogens (tertiary/aromatic N) is 1. The predicted molar refractivity (Wildman–Crippen MR) is 119 cm³/mol. The number of ether oxygens (including phenoxy) is 2. The fourth-order valence-electron chi connectivity index (χ4n) is 3.87. The highest BCUT2D eigenvalue weighted by Gasteiger charge is 2.38. The Morgan fingerprint density at radius 2 is 1.81 bits per heavy atom. The van der Waals surface area contributed by atoms with Crippen molar-refractivity contribution in [2.24, 2.45) is 0 Å². The molecule has 1 heterocycles. The summed E-state index contributed by atoms with van der Waals surface area (Å²) in [6.07, 6.45) is 2.02. The third-order valence-electron chi connectivity index (χ3n) is 5.65. The lowest BCUT2D eigenvalue weighted by Crippen LogP contribution is -2.52. The van der Waals surface area contributed by atoms with Crippen LogP contribution in [0.4, 0.5) is 0 Å². The van der Waals surface area contributed by atoms with Crippen LogP contribution in [0, 0.1) is 6.92 Å². The van der Waals surface area contributed by atoms with E-state index in [0.29, 0.717) is 24.5 Å². The van der Waals surface area contributed by atoms with Gasteiger partial charge in [0.25, 0.3) is 0 Å². The molecule has 3 rings (SSSR count). The summed E-state index contributed by atoms with van der Waals surface area (Å²) >= 11 is 0. The Morgan fingerprint density at radius 1 is 1.10 bits per heavy atom. The average Bonchev–Trinajstić information content (AvgIpc) is 2.78. The number of amides is 1. The molecule has 2 atom stereocenters. The lowest BCUT2D eigenvalue weighted by Gasteiger charge is -2.34. The van der Waals surface area contributed by atoms with Crippen molar-refractivity contribution in [1.29, 1.82) is 0 Å². The molecule has 0 bridgehead atoms. The van der Waals surface area contributed by atoms with E-state index in [0.717, 1.165) is 24.0 Å². The van der Waals surface area contributed by atoms with Gasteiger partial charge in [-0.25, -0.2) is 8.42 Å². The molecule has 2 aromatic carbocycles. The van der Waals surface area contributed by atoms with E-state index < -0.39 is 16.1 Å². The molecule has 8 heteroatoms. The van der Waals surface area contributed by atoms with Gasteiger partial charge in [0.15, 0.2) is 0 Å². The lowest BCUT2D eigenvalue weighted by molar-refractivity contribution is -0.126. The Kier molecular flexibility index (Phi) is 7.23. The summed E-state index contributed by atoms with van der Waals surface area (Å²) in [5.74, 6) is 0.965. The molecule has 168 valence electrons. The minimum atomic E-state index is -3.77. The van der Waals surface area contributed by atoms with Crippen LogP contribution in [0.25, 0.3) is 0 Å². The molecule has 1 N–H and O–H groups in total. The molecule has 2 aromatic rings. The highest BCUT2D eigenvalue weighted by atomic mass is 32.2. The quantitative estimate of drug-likeness (QED) is 0.704. The minimum absolute atomic E-state index is 0.209. The highest BCUT2D eigenvalue weighted by Crippen LogP contribution is 2.30. The van der Waals surface area contributed by atoms with E-state index in [1.807, 2.05) is 19.9 Å². The Hall–Kier alpha value is -2.58. The van der Waals surface area contributed by atoms with Gasteiger partial charge in [-0.15, -0.1) is 0 Å². The summed E-state index contributed by atoms with van der Waals surface area (Å²) in [6.45, 7) is 4.07. The molecule has 1 amide bonds. The normalized spacial score (nSPS) is 18.3. The number of methoxy groups -OCH3 is 2. The first-order valence-electron chi connectivity index (χ1n) is 10.4. The van der Waals surface area contributed by atoms with Gasteiger partial charge in [0, 0.05) is 12.1 Å². The van der Waals surface area contributed by atoms with E-state index in [-0.39, 0.29) is 16.8 Å². The van der Waals surface area contributed by atoms with E-state index >= 15 is 0 Å². The van der Waals surface area contributed by atoms with Crippen molar-refractivity contribution in [3.63, 3.8) is 0 Å². The molecule has 7 nitrogen and oxygen atoms in total. The molecular weight excluding hydrogens is 416 g/mol. The van der Waals surface area contributed by atoms with Crippen LogP contribution in [-0.4, -0.2) is 45.4 Å². The van der Waals surface area contributed by atoms with Gasteiger partial charge in [-0.2, -0.15) is 4.31 Å². The van der Waals surface area contributed by atoms with Gasteiger partial charge < -0.3 is 14.8 Å². The minimum Gasteiger partial charge on any atom is -0.497 e. The number of hydrogen-bond acceptors (Lipinski definition) is 5. The second kappa shape index (κ2) is 9.70. The van der Waals surface area contributed by atoms with Crippen molar-refractivity contribution >= 4 is 15.9 Å².